The van der Waals surface area contributed by atoms with Gasteiger partial charge in [0.25, 0.3) is 5.91 Å². The van der Waals surface area contributed by atoms with Crippen molar-refractivity contribution in [3.05, 3.63) is 76.7 Å². The fourth-order valence-corrected chi connectivity index (χ4v) is 2.76. The van der Waals surface area contributed by atoms with Crippen molar-refractivity contribution in [3.8, 4) is 0 Å². The molecule has 0 spiro atoms. The van der Waals surface area contributed by atoms with Crippen LogP contribution in [0.5, 0.6) is 0 Å². The van der Waals surface area contributed by atoms with E-state index in [0.717, 1.165) is 22.5 Å². The zero-order chi connectivity index (χ0) is 18.7. The third kappa shape index (κ3) is 4.25. The van der Waals surface area contributed by atoms with Gasteiger partial charge >= 0.3 is 0 Å². The van der Waals surface area contributed by atoms with Crippen LogP contribution in [0.15, 0.2) is 48.5 Å². The third-order valence-electron chi connectivity index (χ3n) is 3.99. The molecule has 5 nitrogen and oxygen atoms in total. The summed E-state index contributed by atoms with van der Waals surface area (Å²) in [5.41, 5.74) is 5.43. The predicted molar refractivity (Wildman–Crippen MR) is 105 cm³/mol. The van der Waals surface area contributed by atoms with E-state index in [0.29, 0.717) is 17.3 Å². The maximum Gasteiger partial charge on any atom is 0.274 e. The molecule has 0 bridgehead atoms. The number of aromatic nitrogens is 2. The molecule has 1 heterocycles. The highest BCUT2D eigenvalue weighted by atomic mass is 16.1. The Morgan fingerprint density at radius 2 is 1.65 bits per heavy atom. The highest BCUT2D eigenvalue weighted by Gasteiger charge is 2.12. The summed E-state index contributed by atoms with van der Waals surface area (Å²) in [5, 5.41) is 6.16. The highest BCUT2D eigenvalue weighted by molar-refractivity contribution is 6.03. The molecule has 3 rings (SSSR count). The average molecular weight is 346 g/mol. The summed E-state index contributed by atoms with van der Waals surface area (Å²) < 4.78 is 0. The van der Waals surface area contributed by atoms with E-state index in [2.05, 4.69) is 33.6 Å². The molecule has 0 aliphatic rings. The van der Waals surface area contributed by atoms with E-state index in [1.165, 1.54) is 5.56 Å². The lowest BCUT2D eigenvalue weighted by atomic mass is 10.1. The summed E-state index contributed by atoms with van der Waals surface area (Å²) in [6.07, 6.45) is 0. The molecule has 5 heteroatoms. The van der Waals surface area contributed by atoms with E-state index in [-0.39, 0.29) is 5.91 Å². The van der Waals surface area contributed by atoms with Gasteiger partial charge in [-0.1, -0.05) is 29.8 Å². The van der Waals surface area contributed by atoms with E-state index in [1.807, 2.05) is 50.2 Å². The Kier molecular flexibility index (Phi) is 4.98. The number of benzene rings is 2. The van der Waals surface area contributed by atoms with E-state index >= 15 is 0 Å². The lowest BCUT2D eigenvalue weighted by molar-refractivity contribution is 0.102. The normalized spacial score (nSPS) is 10.5. The maximum absolute atomic E-state index is 12.6. The van der Waals surface area contributed by atoms with Crippen LogP contribution in [0, 0.1) is 27.7 Å². The Morgan fingerprint density at radius 3 is 2.38 bits per heavy atom. The van der Waals surface area contributed by atoms with Crippen LogP contribution in [0.3, 0.4) is 0 Å². The first-order valence-electron chi connectivity index (χ1n) is 8.49. The Morgan fingerprint density at radius 1 is 0.885 bits per heavy atom. The molecule has 3 aromatic rings. The lowest BCUT2D eigenvalue weighted by Gasteiger charge is -2.11. The first-order chi connectivity index (χ1) is 12.4. The molecule has 0 radical (unpaired) electrons. The van der Waals surface area contributed by atoms with Crippen LogP contribution in [0.4, 0.5) is 17.2 Å². The predicted octanol–water partition coefficient (Wildman–Crippen LogP) is 4.71. The number of hydrogen-bond acceptors (Lipinski definition) is 4. The van der Waals surface area contributed by atoms with Crippen LogP contribution < -0.4 is 10.6 Å². The van der Waals surface area contributed by atoms with Crippen molar-refractivity contribution in [2.75, 3.05) is 10.6 Å². The highest BCUT2D eigenvalue weighted by Crippen LogP contribution is 2.21. The quantitative estimate of drug-likeness (QED) is 0.718. The van der Waals surface area contributed by atoms with Crippen LogP contribution in [0.2, 0.25) is 0 Å². The Hall–Kier alpha value is -3.21. The van der Waals surface area contributed by atoms with Crippen molar-refractivity contribution in [1.29, 1.82) is 0 Å². The molecule has 26 heavy (non-hydrogen) atoms. The fourth-order valence-electron chi connectivity index (χ4n) is 2.76. The first-order valence-corrected chi connectivity index (χ1v) is 8.49. The molecule has 0 saturated carbocycles. The minimum Gasteiger partial charge on any atom is -0.340 e. The molecule has 0 saturated heterocycles. The van der Waals surface area contributed by atoms with Crippen molar-refractivity contribution in [2.45, 2.75) is 27.7 Å². The molecule has 1 aromatic heterocycles. The van der Waals surface area contributed by atoms with Gasteiger partial charge in [0.15, 0.2) is 0 Å². The van der Waals surface area contributed by atoms with Gasteiger partial charge in [-0.3, -0.25) is 4.79 Å². The van der Waals surface area contributed by atoms with Gasteiger partial charge in [0.1, 0.15) is 17.3 Å². The minimum absolute atomic E-state index is 0.259. The molecule has 0 atom stereocenters. The number of nitrogens with zero attached hydrogens (tertiary/aromatic N) is 2. The molecule has 0 aliphatic heterocycles. The molecule has 0 fully saturated rings. The van der Waals surface area contributed by atoms with Crippen LogP contribution in [-0.2, 0) is 0 Å². The lowest BCUT2D eigenvalue weighted by Crippen LogP contribution is -2.15. The molecular formula is C21H22N4O. The summed E-state index contributed by atoms with van der Waals surface area (Å²) in [6, 6.07) is 15.5. The molecule has 0 aliphatic carbocycles. The van der Waals surface area contributed by atoms with E-state index < -0.39 is 0 Å². The van der Waals surface area contributed by atoms with Crippen molar-refractivity contribution in [2.24, 2.45) is 0 Å². The van der Waals surface area contributed by atoms with Crippen LogP contribution in [0.25, 0.3) is 0 Å². The number of hydrogen-bond donors (Lipinski definition) is 2. The SMILES string of the molecule is Cc1cccc(NC(=O)c2cc(Nc3ccc(C)cc3C)nc(C)n2)c1. The smallest absolute Gasteiger partial charge is 0.274 e. The standard InChI is InChI=1S/C21H22N4O/c1-13-6-5-7-17(11-13)24-21(26)19-12-20(23-16(4)22-19)25-18-9-8-14(2)10-15(18)3/h5-12H,1-4H3,(H,24,26)(H,22,23,25). The molecule has 0 unspecified atom stereocenters. The number of carbonyl (C=O) groups excluding carboxylic acids is 1. The number of rotatable bonds is 4. The van der Waals surface area contributed by atoms with Crippen molar-refractivity contribution >= 4 is 23.1 Å². The minimum atomic E-state index is -0.259. The summed E-state index contributed by atoms with van der Waals surface area (Å²) >= 11 is 0. The number of amides is 1. The number of nitrogens with one attached hydrogen (secondary N) is 2. The van der Waals surface area contributed by atoms with Crippen LogP contribution in [0.1, 0.15) is 33.0 Å². The zero-order valence-corrected chi connectivity index (χ0v) is 15.4. The van der Waals surface area contributed by atoms with Crippen molar-refractivity contribution < 1.29 is 4.79 Å². The molecule has 132 valence electrons. The number of anilines is 3. The van der Waals surface area contributed by atoms with Gasteiger partial charge in [0.2, 0.25) is 0 Å². The second-order valence-electron chi connectivity index (χ2n) is 6.45. The van der Waals surface area contributed by atoms with Gasteiger partial charge in [-0.25, -0.2) is 9.97 Å². The second kappa shape index (κ2) is 7.35. The molecule has 1 amide bonds. The van der Waals surface area contributed by atoms with Gasteiger partial charge in [-0.2, -0.15) is 0 Å². The largest absolute Gasteiger partial charge is 0.340 e. The molecule has 2 aromatic carbocycles. The zero-order valence-electron chi connectivity index (χ0n) is 15.4. The van der Waals surface area contributed by atoms with Gasteiger partial charge < -0.3 is 10.6 Å². The van der Waals surface area contributed by atoms with Crippen molar-refractivity contribution in [3.63, 3.8) is 0 Å². The average Bonchev–Trinajstić information content (AvgIpc) is 2.57. The topological polar surface area (TPSA) is 66.9 Å². The van der Waals surface area contributed by atoms with Crippen LogP contribution in [-0.4, -0.2) is 15.9 Å². The van der Waals surface area contributed by atoms with E-state index in [9.17, 15) is 4.79 Å². The van der Waals surface area contributed by atoms with Gasteiger partial charge in [-0.05, 0) is 57.0 Å². The summed E-state index contributed by atoms with van der Waals surface area (Å²) in [5.74, 6) is 0.873. The second-order valence-corrected chi connectivity index (χ2v) is 6.45. The van der Waals surface area contributed by atoms with Crippen molar-refractivity contribution in [1.82, 2.24) is 9.97 Å². The third-order valence-corrected chi connectivity index (χ3v) is 3.99. The van der Waals surface area contributed by atoms with Gasteiger partial charge in [0.05, 0.1) is 0 Å². The summed E-state index contributed by atoms with van der Waals surface area (Å²) in [7, 11) is 0. The number of carbonyl (C=O) groups is 1. The fraction of sp³-hybridized carbons (Fsp3) is 0.190. The van der Waals surface area contributed by atoms with E-state index in [1.54, 1.807) is 13.0 Å². The molecular weight excluding hydrogens is 324 g/mol. The number of aryl methyl sites for hydroxylation is 4. The Bertz CT molecular complexity index is 966. The first kappa shape index (κ1) is 17.6. The molecule has 2 N–H and O–H groups in total. The van der Waals surface area contributed by atoms with Gasteiger partial charge in [0, 0.05) is 17.4 Å². The van der Waals surface area contributed by atoms with Gasteiger partial charge in [-0.15, -0.1) is 0 Å². The van der Waals surface area contributed by atoms with Crippen LogP contribution >= 0.6 is 0 Å². The maximum atomic E-state index is 12.6. The van der Waals surface area contributed by atoms with E-state index in [4.69, 9.17) is 0 Å². The summed E-state index contributed by atoms with van der Waals surface area (Å²) in [4.78, 5) is 21.2. The Balaban J connectivity index is 1.84. The Labute approximate surface area is 153 Å². The summed E-state index contributed by atoms with van der Waals surface area (Å²) in [6.45, 7) is 7.85. The monoisotopic (exact) mass is 346 g/mol.